The quantitative estimate of drug-likeness (QED) is 0.894. The van der Waals surface area contributed by atoms with Gasteiger partial charge in [0.2, 0.25) is 0 Å². The summed E-state index contributed by atoms with van der Waals surface area (Å²) in [5.41, 5.74) is 1.20. The smallest absolute Gasteiger partial charge is 0.251 e. The van der Waals surface area contributed by atoms with Gasteiger partial charge >= 0.3 is 0 Å². The van der Waals surface area contributed by atoms with Crippen molar-refractivity contribution in [3.05, 3.63) is 35.0 Å². The van der Waals surface area contributed by atoms with Gasteiger partial charge < -0.3 is 15.1 Å². The lowest BCUT2D eigenvalue weighted by molar-refractivity contribution is 0.0931. The van der Waals surface area contributed by atoms with E-state index >= 15 is 0 Å². The zero-order valence-corrected chi connectivity index (χ0v) is 11.6. The zero-order valence-electron chi connectivity index (χ0n) is 10.9. The van der Waals surface area contributed by atoms with Crippen molar-refractivity contribution < 1.29 is 9.21 Å². The minimum atomic E-state index is -0.0791. The molecule has 0 unspecified atom stereocenters. The van der Waals surface area contributed by atoms with Crippen LogP contribution < -0.4 is 10.6 Å². The van der Waals surface area contributed by atoms with Gasteiger partial charge in [0.15, 0.2) is 0 Å². The summed E-state index contributed by atoms with van der Waals surface area (Å²) in [7, 11) is 0. The minimum absolute atomic E-state index is 0.0791. The number of hydrogen-bond donors (Lipinski definition) is 2. The van der Waals surface area contributed by atoms with Gasteiger partial charge in [0.05, 0.1) is 11.3 Å². The Bertz CT molecular complexity index is 682. The van der Waals surface area contributed by atoms with Crippen molar-refractivity contribution in [2.24, 2.45) is 0 Å². The molecule has 2 aromatic rings. The summed E-state index contributed by atoms with van der Waals surface area (Å²) in [4.78, 5) is 12.4. The van der Waals surface area contributed by atoms with Gasteiger partial charge in [-0.25, -0.2) is 0 Å². The number of carbonyl (C=O) groups excluding carboxylic acids is 1. The predicted molar refractivity (Wildman–Crippen MR) is 77.0 cm³/mol. The second-order valence-electron chi connectivity index (χ2n) is 5.65. The van der Waals surface area contributed by atoms with Crippen molar-refractivity contribution in [2.45, 2.75) is 37.4 Å². The molecule has 3 atom stereocenters. The molecule has 2 aliphatic rings. The largest absolute Gasteiger partial charge is 0.464 e. The molecule has 104 valence electrons. The van der Waals surface area contributed by atoms with Crippen LogP contribution in [0.3, 0.4) is 0 Å². The normalized spacial score (nSPS) is 28.1. The van der Waals surface area contributed by atoms with Gasteiger partial charge in [0.25, 0.3) is 5.91 Å². The Morgan fingerprint density at radius 3 is 3.05 bits per heavy atom. The molecule has 2 bridgehead atoms. The Morgan fingerprint density at radius 2 is 2.30 bits per heavy atom. The molecule has 0 aliphatic carbocycles. The summed E-state index contributed by atoms with van der Waals surface area (Å²) >= 11 is 6.17. The minimum Gasteiger partial charge on any atom is -0.464 e. The number of benzene rings is 1. The molecule has 0 saturated carbocycles. The topological polar surface area (TPSA) is 54.3 Å². The standard InChI is InChI=1S/C15H15ClN2O2/c16-11-5-8(6-14-10(11)3-4-20-14)15(19)18-13-7-9-1-2-12(13)17-9/h3-6,9,12-13,17H,1-2,7H2,(H,18,19)/t9-,12+,13-/m1/s1. The highest BCUT2D eigenvalue weighted by Gasteiger charge is 2.39. The van der Waals surface area contributed by atoms with Gasteiger partial charge in [0, 0.05) is 29.1 Å². The summed E-state index contributed by atoms with van der Waals surface area (Å²) in [6.45, 7) is 0. The van der Waals surface area contributed by atoms with Gasteiger partial charge in [-0.2, -0.15) is 0 Å². The summed E-state index contributed by atoms with van der Waals surface area (Å²) in [5.74, 6) is -0.0791. The maximum absolute atomic E-state index is 12.4. The Hall–Kier alpha value is -1.52. The maximum atomic E-state index is 12.4. The van der Waals surface area contributed by atoms with Crippen LogP contribution in [0.5, 0.6) is 0 Å². The lowest BCUT2D eigenvalue weighted by atomic mass is 9.95. The van der Waals surface area contributed by atoms with Gasteiger partial charge in [-0.05, 0) is 37.5 Å². The third kappa shape index (κ3) is 1.91. The average Bonchev–Trinajstić information content (AvgIpc) is 3.13. The Morgan fingerprint density at radius 1 is 1.40 bits per heavy atom. The molecule has 3 heterocycles. The second-order valence-corrected chi connectivity index (χ2v) is 6.06. The number of fused-ring (bicyclic) bond motifs is 3. The molecule has 2 fully saturated rings. The van der Waals surface area contributed by atoms with Crippen LogP contribution in [0.4, 0.5) is 0 Å². The Kier molecular flexibility index (Phi) is 2.75. The molecule has 4 rings (SSSR count). The Labute approximate surface area is 121 Å². The monoisotopic (exact) mass is 290 g/mol. The van der Waals surface area contributed by atoms with Crippen LogP contribution in [0, 0.1) is 0 Å². The number of amides is 1. The summed E-state index contributed by atoms with van der Waals surface area (Å²) in [6.07, 6.45) is 4.97. The molecule has 2 aliphatic heterocycles. The van der Waals surface area contributed by atoms with Crippen LogP contribution in [0.1, 0.15) is 29.6 Å². The number of carbonyl (C=O) groups is 1. The molecule has 5 heteroatoms. The number of furan rings is 1. The van der Waals surface area contributed by atoms with E-state index in [9.17, 15) is 4.79 Å². The highest BCUT2D eigenvalue weighted by molar-refractivity contribution is 6.35. The van der Waals surface area contributed by atoms with E-state index in [-0.39, 0.29) is 11.9 Å². The number of rotatable bonds is 2. The van der Waals surface area contributed by atoms with Crippen molar-refractivity contribution in [2.75, 3.05) is 0 Å². The molecule has 1 aromatic carbocycles. The molecule has 4 nitrogen and oxygen atoms in total. The fourth-order valence-electron chi connectivity index (χ4n) is 3.39. The first-order valence-corrected chi connectivity index (χ1v) is 7.32. The molecule has 1 aromatic heterocycles. The van der Waals surface area contributed by atoms with Crippen molar-refractivity contribution >= 4 is 28.5 Å². The van der Waals surface area contributed by atoms with E-state index in [0.717, 1.165) is 18.2 Å². The SMILES string of the molecule is O=C(N[C@@H]1C[C@H]2CC[C@@H]1N2)c1cc(Cl)c2ccoc2c1. The van der Waals surface area contributed by atoms with E-state index in [4.69, 9.17) is 16.0 Å². The van der Waals surface area contributed by atoms with Crippen LogP contribution in [0.2, 0.25) is 5.02 Å². The lowest BCUT2D eigenvalue weighted by Crippen LogP contribution is -2.42. The van der Waals surface area contributed by atoms with E-state index in [1.165, 1.54) is 6.42 Å². The molecule has 2 saturated heterocycles. The highest BCUT2D eigenvalue weighted by Crippen LogP contribution is 2.29. The van der Waals surface area contributed by atoms with Crippen LogP contribution in [0.15, 0.2) is 28.9 Å². The third-order valence-electron chi connectivity index (χ3n) is 4.40. The molecular weight excluding hydrogens is 276 g/mol. The maximum Gasteiger partial charge on any atom is 0.251 e. The van der Waals surface area contributed by atoms with Gasteiger partial charge in [0.1, 0.15) is 5.58 Å². The van der Waals surface area contributed by atoms with Crippen LogP contribution in [-0.2, 0) is 0 Å². The van der Waals surface area contributed by atoms with Crippen LogP contribution >= 0.6 is 11.6 Å². The third-order valence-corrected chi connectivity index (χ3v) is 4.71. The first-order chi connectivity index (χ1) is 9.70. The second kappa shape index (κ2) is 4.50. The van der Waals surface area contributed by atoms with Crippen molar-refractivity contribution in [1.29, 1.82) is 0 Å². The predicted octanol–water partition coefficient (Wildman–Crippen LogP) is 2.71. The summed E-state index contributed by atoms with van der Waals surface area (Å²) < 4.78 is 5.33. The molecule has 20 heavy (non-hydrogen) atoms. The molecule has 0 radical (unpaired) electrons. The fourth-order valence-corrected chi connectivity index (χ4v) is 3.67. The first kappa shape index (κ1) is 12.2. The number of nitrogens with one attached hydrogen (secondary N) is 2. The van der Waals surface area contributed by atoms with Crippen LogP contribution in [-0.4, -0.2) is 24.0 Å². The van der Waals surface area contributed by atoms with E-state index < -0.39 is 0 Å². The first-order valence-electron chi connectivity index (χ1n) is 6.94. The number of halogens is 1. The van der Waals surface area contributed by atoms with Crippen molar-refractivity contribution in [3.8, 4) is 0 Å². The van der Waals surface area contributed by atoms with Gasteiger partial charge in [-0.15, -0.1) is 0 Å². The van der Waals surface area contributed by atoms with Crippen molar-refractivity contribution in [3.63, 3.8) is 0 Å². The molecule has 1 amide bonds. The van der Waals surface area contributed by atoms with E-state index in [2.05, 4.69) is 10.6 Å². The highest BCUT2D eigenvalue weighted by atomic mass is 35.5. The van der Waals surface area contributed by atoms with E-state index in [1.54, 1.807) is 24.5 Å². The van der Waals surface area contributed by atoms with Gasteiger partial charge in [-0.3, -0.25) is 4.79 Å². The number of hydrogen-bond acceptors (Lipinski definition) is 3. The van der Waals surface area contributed by atoms with E-state index in [1.807, 2.05) is 0 Å². The van der Waals surface area contributed by atoms with Gasteiger partial charge in [-0.1, -0.05) is 11.6 Å². The molecule has 0 spiro atoms. The summed E-state index contributed by atoms with van der Waals surface area (Å²) in [5, 5.41) is 8.01. The van der Waals surface area contributed by atoms with E-state index in [0.29, 0.717) is 28.3 Å². The average molecular weight is 291 g/mol. The Balaban J connectivity index is 1.57. The fraction of sp³-hybridized carbons (Fsp3) is 0.400. The molecular formula is C15H15ClN2O2. The summed E-state index contributed by atoms with van der Waals surface area (Å²) in [6, 6.07) is 6.48. The van der Waals surface area contributed by atoms with Crippen molar-refractivity contribution in [1.82, 2.24) is 10.6 Å². The zero-order chi connectivity index (χ0) is 13.7. The molecule has 2 N–H and O–H groups in total. The van der Waals surface area contributed by atoms with Crippen LogP contribution in [0.25, 0.3) is 11.0 Å². The lowest BCUT2D eigenvalue weighted by Gasteiger charge is -2.21.